The number of benzene rings is 1. The second-order valence-electron chi connectivity index (χ2n) is 14.2. The average molecular weight is 535 g/mol. The minimum atomic E-state index is -0.745. The van der Waals surface area contributed by atoms with Crippen LogP contribution in [0.4, 0.5) is 11.4 Å². The summed E-state index contributed by atoms with van der Waals surface area (Å²) in [5.41, 5.74) is 13.8. The number of nitrogen functional groups attached to an aromatic ring is 2. The number of esters is 2. The first-order valence-electron chi connectivity index (χ1n) is 15.6. The molecule has 4 aliphatic rings. The molecule has 0 radical (unpaired) electrons. The lowest BCUT2D eigenvalue weighted by Crippen LogP contribution is -2.53. The Morgan fingerprint density at radius 2 is 1.67 bits per heavy atom. The van der Waals surface area contributed by atoms with Crippen molar-refractivity contribution in [1.29, 1.82) is 0 Å². The molecule has 0 amide bonds. The van der Waals surface area contributed by atoms with Gasteiger partial charge < -0.3 is 16.2 Å². The molecule has 8 atom stereocenters. The number of hydrogen-bond donors (Lipinski definition) is 2. The van der Waals surface area contributed by atoms with E-state index < -0.39 is 11.9 Å². The van der Waals surface area contributed by atoms with Crippen molar-refractivity contribution in [2.75, 3.05) is 11.5 Å². The fourth-order valence-corrected chi connectivity index (χ4v) is 10.2. The molecule has 1 unspecified atom stereocenters. The molecule has 4 fully saturated rings. The van der Waals surface area contributed by atoms with Crippen molar-refractivity contribution in [3.63, 3.8) is 0 Å². The van der Waals surface area contributed by atoms with Crippen LogP contribution < -0.4 is 11.5 Å². The zero-order valence-electron chi connectivity index (χ0n) is 24.5. The summed E-state index contributed by atoms with van der Waals surface area (Å²) in [4.78, 5) is 24.9. The van der Waals surface area contributed by atoms with Gasteiger partial charge in [-0.05, 0) is 129 Å². The van der Waals surface area contributed by atoms with E-state index in [-0.39, 0.29) is 5.56 Å². The van der Waals surface area contributed by atoms with Gasteiger partial charge in [0, 0.05) is 16.9 Å². The molecule has 39 heavy (non-hydrogen) atoms. The SMILES string of the molecule is C=C(CCC[C@@H](C)[C@H]1CC[C@H]2[C@@H]3CCC4CCCC[C@]4(C)[C@H]3CC[C@]12C)C(=O)OC(=O)c1cc(N)cc(N)c1. The topological polar surface area (TPSA) is 95.4 Å². The van der Waals surface area contributed by atoms with Crippen molar-refractivity contribution >= 4 is 23.3 Å². The predicted octanol–water partition coefficient (Wildman–Crippen LogP) is 7.95. The Labute approximate surface area is 235 Å². The molecule has 5 heteroatoms. The van der Waals surface area contributed by atoms with Crippen molar-refractivity contribution in [2.24, 2.45) is 46.3 Å². The standard InChI is InChI=1S/C34H50N2O3/c1-21(8-7-9-22(2)31(37)39-32(38)23-18-25(35)20-26(36)19-23)28-13-14-29-27-12-11-24-10-5-6-16-33(24,3)30(27)15-17-34(28,29)4/h18-21,24,27-30H,2,5-17,35-36H2,1,3-4H3/t21-,24?,27+,28-,29+,30+,33+,34-/m1/s1. The first-order valence-corrected chi connectivity index (χ1v) is 15.6. The molecule has 214 valence electrons. The fourth-order valence-electron chi connectivity index (χ4n) is 10.2. The first-order chi connectivity index (χ1) is 18.5. The summed E-state index contributed by atoms with van der Waals surface area (Å²) in [7, 11) is 0. The van der Waals surface area contributed by atoms with Crippen LogP contribution >= 0.6 is 0 Å². The maximum atomic E-state index is 12.5. The number of fused-ring (bicyclic) bond motifs is 5. The zero-order chi connectivity index (χ0) is 27.9. The van der Waals surface area contributed by atoms with Gasteiger partial charge in [-0.2, -0.15) is 0 Å². The van der Waals surface area contributed by atoms with Gasteiger partial charge in [0.05, 0.1) is 5.56 Å². The van der Waals surface area contributed by atoms with Gasteiger partial charge in [0.15, 0.2) is 0 Å². The first kappa shape index (κ1) is 28.2. The van der Waals surface area contributed by atoms with Gasteiger partial charge in [-0.1, -0.05) is 46.6 Å². The van der Waals surface area contributed by atoms with Crippen LogP contribution in [0.1, 0.15) is 115 Å². The number of carbonyl (C=O) groups is 2. The number of carbonyl (C=O) groups excluding carboxylic acids is 2. The predicted molar refractivity (Wildman–Crippen MR) is 158 cm³/mol. The highest BCUT2D eigenvalue weighted by molar-refractivity contribution is 6.02. The number of ether oxygens (including phenoxy) is 1. The molecular weight excluding hydrogens is 484 g/mol. The summed E-state index contributed by atoms with van der Waals surface area (Å²) >= 11 is 0. The van der Waals surface area contributed by atoms with E-state index in [1.807, 2.05) is 0 Å². The molecule has 0 saturated heterocycles. The third-order valence-corrected chi connectivity index (χ3v) is 12.2. The lowest BCUT2D eigenvalue weighted by molar-refractivity contribution is -0.133. The summed E-state index contributed by atoms with van der Waals surface area (Å²) < 4.78 is 5.06. The number of nitrogens with two attached hydrogens (primary N) is 2. The molecular formula is C34H50N2O3. The van der Waals surface area contributed by atoms with Gasteiger partial charge in [0.2, 0.25) is 0 Å². The zero-order valence-corrected chi connectivity index (χ0v) is 24.5. The Morgan fingerprint density at radius 1 is 0.949 bits per heavy atom. The van der Waals surface area contributed by atoms with Crippen LogP contribution in [0.3, 0.4) is 0 Å². The number of rotatable bonds is 7. The van der Waals surface area contributed by atoms with Crippen LogP contribution in [-0.2, 0) is 9.53 Å². The van der Waals surface area contributed by atoms with E-state index in [4.69, 9.17) is 16.2 Å². The van der Waals surface area contributed by atoms with Crippen molar-refractivity contribution in [3.8, 4) is 0 Å². The number of anilines is 2. The third kappa shape index (κ3) is 5.27. The quantitative estimate of drug-likeness (QED) is 0.160. The largest absolute Gasteiger partial charge is 0.399 e. The van der Waals surface area contributed by atoms with Crippen LogP contribution in [0.2, 0.25) is 0 Å². The van der Waals surface area contributed by atoms with Gasteiger partial charge in [-0.15, -0.1) is 0 Å². The number of hydrogen-bond acceptors (Lipinski definition) is 5. The molecule has 5 rings (SSSR count). The summed E-state index contributed by atoms with van der Waals surface area (Å²) in [6.45, 7) is 11.6. The summed E-state index contributed by atoms with van der Waals surface area (Å²) in [5, 5.41) is 0. The molecule has 4 saturated carbocycles. The normalized spacial score (nSPS) is 36.2. The minimum absolute atomic E-state index is 0.173. The van der Waals surface area contributed by atoms with E-state index in [1.165, 1.54) is 76.3 Å². The summed E-state index contributed by atoms with van der Waals surface area (Å²) in [6, 6.07) is 4.47. The van der Waals surface area contributed by atoms with Crippen molar-refractivity contribution < 1.29 is 14.3 Å². The lowest BCUT2D eigenvalue weighted by atomic mass is 9.44. The smallest absolute Gasteiger partial charge is 0.346 e. The molecule has 0 aromatic heterocycles. The summed E-state index contributed by atoms with van der Waals surface area (Å²) in [6.07, 6.45) is 16.9. The third-order valence-electron chi connectivity index (χ3n) is 12.2. The van der Waals surface area contributed by atoms with Crippen molar-refractivity contribution in [1.82, 2.24) is 0 Å². The molecule has 0 aliphatic heterocycles. The van der Waals surface area contributed by atoms with Gasteiger partial charge >= 0.3 is 11.9 Å². The minimum Gasteiger partial charge on any atom is -0.399 e. The molecule has 1 aromatic carbocycles. The second kappa shape index (κ2) is 10.9. The van der Waals surface area contributed by atoms with Crippen molar-refractivity contribution in [2.45, 2.75) is 104 Å². The van der Waals surface area contributed by atoms with Crippen LogP contribution in [0, 0.1) is 46.3 Å². The molecule has 4 aliphatic carbocycles. The van der Waals surface area contributed by atoms with E-state index >= 15 is 0 Å². The molecule has 0 spiro atoms. The van der Waals surface area contributed by atoms with Crippen LogP contribution in [0.5, 0.6) is 0 Å². The maximum absolute atomic E-state index is 12.5. The van der Waals surface area contributed by atoms with Gasteiger partial charge in [-0.3, -0.25) is 0 Å². The molecule has 5 nitrogen and oxygen atoms in total. The Hall–Kier alpha value is -2.30. The van der Waals surface area contributed by atoms with E-state index in [9.17, 15) is 9.59 Å². The van der Waals surface area contributed by atoms with Gasteiger partial charge in [0.1, 0.15) is 0 Å². The summed E-state index contributed by atoms with van der Waals surface area (Å²) in [5.74, 6) is 3.73. The highest BCUT2D eigenvalue weighted by Crippen LogP contribution is 2.68. The second-order valence-corrected chi connectivity index (χ2v) is 14.2. The van der Waals surface area contributed by atoms with Crippen LogP contribution in [-0.4, -0.2) is 11.9 Å². The van der Waals surface area contributed by atoms with Crippen LogP contribution in [0.25, 0.3) is 0 Å². The maximum Gasteiger partial charge on any atom is 0.346 e. The van der Waals surface area contributed by atoms with Crippen molar-refractivity contribution in [3.05, 3.63) is 35.9 Å². The monoisotopic (exact) mass is 534 g/mol. The molecule has 4 N–H and O–H groups in total. The van der Waals surface area contributed by atoms with E-state index in [0.717, 1.165) is 42.4 Å². The average Bonchev–Trinajstić information content (AvgIpc) is 3.25. The van der Waals surface area contributed by atoms with Gasteiger partial charge in [-0.25, -0.2) is 9.59 Å². The highest BCUT2D eigenvalue weighted by atomic mass is 16.6. The molecule has 0 heterocycles. The Balaban J connectivity index is 1.13. The van der Waals surface area contributed by atoms with E-state index in [1.54, 1.807) is 6.07 Å². The van der Waals surface area contributed by atoms with E-state index in [2.05, 4.69) is 27.4 Å². The Kier molecular flexibility index (Phi) is 7.92. The molecule has 1 aromatic rings. The fraction of sp³-hybridized carbons (Fsp3) is 0.706. The Morgan fingerprint density at radius 3 is 2.41 bits per heavy atom. The van der Waals surface area contributed by atoms with Crippen LogP contribution in [0.15, 0.2) is 30.4 Å². The molecule has 0 bridgehead atoms. The lowest BCUT2D eigenvalue weighted by Gasteiger charge is -2.61. The Bertz CT molecular complexity index is 1090. The van der Waals surface area contributed by atoms with Gasteiger partial charge in [0.25, 0.3) is 0 Å². The van der Waals surface area contributed by atoms with E-state index in [0.29, 0.717) is 40.1 Å². The highest BCUT2D eigenvalue weighted by Gasteiger charge is 2.60.